The number of para-hydroxylation sites is 1. The summed E-state index contributed by atoms with van der Waals surface area (Å²) in [5.41, 5.74) is 0.445. The second kappa shape index (κ2) is 28.6. The number of anilines is 4. The minimum Gasteiger partial charge on any atom is -0.379 e. The van der Waals surface area contributed by atoms with E-state index >= 15 is 0 Å². The second-order valence-electron chi connectivity index (χ2n) is 21.7. The van der Waals surface area contributed by atoms with E-state index in [0.29, 0.717) is 74.3 Å². The zero-order valence-corrected chi connectivity index (χ0v) is 47.3. The number of hydrogen-bond acceptors (Lipinski definition) is 17. The number of nitrogens with zero attached hydrogens (tertiary/aromatic N) is 7. The van der Waals surface area contributed by atoms with E-state index in [1.807, 2.05) is 12.1 Å². The van der Waals surface area contributed by atoms with E-state index in [1.54, 1.807) is 58.6 Å². The Morgan fingerprint density at radius 2 is 1.52 bits per heavy atom. The van der Waals surface area contributed by atoms with Gasteiger partial charge in [0.05, 0.1) is 69.7 Å². The number of likely N-dealkylation sites (N-methyl/N-ethyl adjacent to an activating group) is 1. The van der Waals surface area contributed by atoms with Gasteiger partial charge in [0.1, 0.15) is 40.9 Å². The average Bonchev–Trinajstić information content (AvgIpc) is 4.28. The van der Waals surface area contributed by atoms with Crippen LogP contribution in [0.1, 0.15) is 95.1 Å². The molecule has 4 aromatic rings. The summed E-state index contributed by atoms with van der Waals surface area (Å²) in [6.07, 6.45) is 7.08. The predicted octanol–water partition coefficient (Wildman–Crippen LogP) is 3.38. The first kappa shape index (κ1) is 61.6. The summed E-state index contributed by atoms with van der Waals surface area (Å²) in [5.74, 6) is -3.81. The topological polar surface area (TPSA) is 273 Å². The largest absolute Gasteiger partial charge is 0.379 e. The van der Waals surface area contributed by atoms with Gasteiger partial charge in [0.25, 0.3) is 5.56 Å². The summed E-state index contributed by atoms with van der Waals surface area (Å²) in [5, 5.41) is 17.5. The van der Waals surface area contributed by atoms with Crippen LogP contribution in [-0.2, 0) is 38.2 Å². The second-order valence-corrected chi connectivity index (χ2v) is 21.7. The van der Waals surface area contributed by atoms with Crippen molar-refractivity contribution >= 4 is 69.5 Å². The summed E-state index contributed by atoms with van der Waals surface area (Å²) in [7, 11) is 1.60. The first-order valence-electron chi connectivity index (χ1n) is 27.7. The number of amides is 5. The Morgan fingerprint density at radius 1 is 0.852 bits per heavy atom. The van der Waals surface area contributed by atoms with Gasteiger partial charge >= 0.3 is 0 Å². The van der Waals surface area contributed by atoms with E-state index < -0.39 is 70.5 Å². The number of ether oxygens (including phenoxy) is 3. The van der Waals surface area contributed by atoms with Gasteiger partial charge in [-0.25, -0.2) is 18.7 Å². The van der Waals surface area contributed by atoms with Crippen molar-refractivity contribution in [2.24, 2.45) is 5.41 Å². The Morgan fingerprint density at radius 3 is 2.15 bits per heavy atom. The Labute approximate surface area is 470 Å². The summed E-state index contributed by atoms with van der Waals surface area (Å²) < 4.78 is 47.5. The highest BCUT2D eigenvalue weighted by atomic mass is 19.1. The number of nitrogens with one attached hydrogen (secondary N) is 6. The third kappa shape index (κ3) is 16.3. The van der Waals surface area contributed by atoms with E-state index in [4.69, 9.17) is 19.2 Å². The van der Waals surface area contributed by atoms with E-state index in [-0.39, 0.29) is 81.2 Å². The number of aryl methyl sites for hydroxylation is 1. The molecule has 81 heavy (non-hydrogen) atoms. The number of hydrogen-bond donors (Lipinski definition) is 6. The number of ketones is 1. The molecule has 1 saturated carbocycles. The molecule has 6 N–H and O–H groups in total. The molecule has 0 spiro atoms. The average molecular weight is 1130 g/mol. The summed E-state index contributed by atoms with van der Waals surface area (Å²) in [6.45, 7) is 14.7. The number of aromatic nitrogens is 4. The SMILES string of the molecule is CN[C@@H](C)C(=O)N[C@H](C(=O)N1C[C@@H](NC(=O)CCOCCOCCOCCNC(=O)CN2CCN(c3ccc(Nc4ncc5c(C)c(C(C)=O)c(=O)n(C6CCCC6)c5n4)nc3)CC2)C[C@H]1C(=O)Nc1c(F)cccc1F)C(C)(C)C. The first-order valence-corrected chi connectivity index (χ1v) is 27.7. The molecule has 3 aromatic heterocycles. The molecule has 2 saturated heterocycles. The van der Waals surface area contributed by atoms with Crippen LogP contribution in [0.5, 0.6) is 0 Å². The number of likely N-dealkylation sites (tertiary alicyclic amines) is 1. The van der Waals surface area contributed by atoms with E-state index in [1.165, 1.54) is 11.8 Å². The quantitative estimate of drug-likeness (QED) is 0.0389. The molecule has 23 nitrogen and oxygen atoms in total. The number of fused-ring (bicyclic) bond motifs is 1. The molecule has 4 atom stereocenters. The van der Waals surface area contributed by atoms with E-state index in [0.717, 1.165) is 49.6 Å². The van der Waals surface area contributed by atoms with Crippen LogP contribution in [0.15, 0.2) is 47.5 Å². The molecule has 0 bridgehead atoms. The third-order valence-corrected chi connectivity index (χ3v) is 14.8. The van der Waals surface area contributed by atoms with Crippen LogP contribution in [0, 0.1) is 24.0 Å². The van der Waals surface area contributed by atoms with Gasteiger partial charge in [-0.1, -0.05) is 39.7 Å². The van der Waals surface area contributed by atoms with Gasteiger partial charge in [0.2, 0.25) is 35.5 Å². The Balaban J connectivity index is 0.747. The number of pyridine rings is 2. The fraction of sp³-hybridized carbons (Fsp3) is 0.571. The molecule has 5 amide bonds. The lowest BCUT2D eigenvalue weighted by Crippen LogP contribution is -2.59. The molecule has 0 radical (unpaired) electrons. The number of rotatable bonds is 26. The molecule has 3 aliphatic rings. The third-order valence-electron chi connectivity index (χ3n) is 14.8. The van der Waals surface area contributed by atoms with Crippen LogP contribution in [0.4, 0.5) is 31.9 Å². The number of benzene rings is 1. The van der Waals surface area contributed by atoms with Crippen molar-refractivity contribution in [3.63, 3.8) is 0 Å². The zero-order chi connectivity index (χ0) is 58.4. The fourth-order valence-electron chi connectivity index (χ4n) is 10.2. The molecule has 2 aliphatic heterocycles. The maximum atomic E-state index is 14.5. The number of piperazine rings is 1. The highest BCUT2D eigenvalue weighted by Crippen LogP contribution is 2.33. The Bertz CT molecular complexity index is 2910. The van der Waals surface area contributed by atoms with Gasteiger partial charge in [-0.05, 0) is 82.3 Å². The van der Waals surface area contributed by atoms with Crippen LogP contribution in [0.25, 0.3) is 11.0 Å². The minimum absolute atomic E-state index is 0.0241. The van der Waals surface area contributed by atoms with Crippen molar-refractivity contribution in [3.05, 3.63) is 75.8 Å². The van der Waals surface area contributed by atoms with Gasteiger partial charge in [0, 0.05) is 69.4 Å². The molecule has 1 aliphatic carbocycles. The van der Waals surface area contributed by atoms with Gasteiger partial charge in [-0.3, -0.25) is 43.0 Å². The molecule has 5 heterocycles. The van der Waals surface area contributed by atoms with Crippen molar-refractivity contribution in [2.45, 2.75) is 110 Å². The smallest absolute Gasteiger partial charge is 0.263 e. The van der Waals surface area contributed by atoms with Crippen LogP contribution in [0.2, 0.25) is 0 Å². The fourth-order valence-corrected chi connectivity index (χ4v) is 10.2. The van der Waals surface area contributed by atoms with Crippen LogP contribution >= 0.6 is 0 Å². The monoisotopic (exact) mass is 1130 g/mol. The maximum absolute atomic E-state index is 14.5. The standard InChI is InChI=1S/C56H77F2N13O10/c1-34-40-31-62-55(67-50(40)71(38-11-8-9-12-38)53(77)47(34)36(3)72)64-44-16-15-39(30-61-44)69-21-19-68(20-22-69)33-46(74)60-18-24-80-26-28-81-27-25-79-23-17-45(73)63-37-29-43(52(76)65-48-41(57)13-10-14-42(48)58)70(32-37)54(78)49(56(4,5)6)66-51(75)35(2)59-7/h10,13-16,30-31,35,37-38,43,49,59H,8-9,11-12,17-29,32-33H2,1-7H3,(H,60,74)(H,63,73)(H,65,76)(H,66,75)(H,61,62,64,67)/t35-,37-,43-,49+/m0/s1. The lowest BCUT2D eigenvalue weighted by Gasteiger charge is -2.36. The van der Waals surface area contributed by atoms with E-state index in [9.17, 15) is 42.3 Å². The Hall–Kier alpha value is -7.06. The normalized spacial score (nSPS) is 17.7. The van der Waals surface area contributed by atoms with Crippen molar-refractivity contribution < 1.29 is 51.8 Å². The summed E-state index contributed by atoms with van der Waals surface area (Å²) >= 11 is 0. The van der Waals surface area contributed by atoms with Crippen LogP contribution < -0.4 is 42.4 Å². The number of carbonyl (C=O) groups excluding carboxylic acids is 6. The molecule has 440 valence electrons. The first-order chi connectivity index (χ1) is 38.7. The molecule has 3 fully saturated rings. The van der Waals surface area contributed by atoms with Crippen LogP contribution in [0.3, 0.4) is 0 Å². The van der Waals surface area contributed by atoms with Gasteiger partial charge in [0.15, 0.2) is 5.78 Å². The van der Waals surface area contributed by atoms with Crippen molar-refractivity contribution in [3.8, 4) is 0 Å². The van der Waals surface area contributed by atoms with Crippen molar-refractivity contribution in [2.75, 3.05) is 108 Å². The van der Waals surface area contributed by atoms with Gasteiger partial charge < -0.3 is 55.9 Å². The highest BCUT2D eigenvalue weighted by molar-refractivity contribution is 6.00. The molecule has 0 unspecified atom stereocenters. The molecule has 1 aromatic carbocycles. The zero-order valence-electron chi connectivity index (χ0n) is 47.3. The predicted molar refractivity (Wildman–Crippen MR) is 299 cm³/mol. The number of Topliss-reactive ketones (excluding diaryl/α,β-unsaturated/α-hetero) is 1. The lowest BCUT2D eigenvalue weighted by atomic mass is 9.85. The highest BCUT2D eigenvalue weighted by Gasteiger charge is 2.46. The summed E-state index contributed by atoms with van der Waals surface area (Å²) in [4.78, 5) is 112. The summed E-state index contributed by atoms with van der Waals surface area (Å²) in [6, 6.07) is 3.30. The number of halogens is 2. The van der Waals surface area contributed by atoms with Crippen molar-refractivity contribution in [1.82, 2.24) is 50.6 Å². The molecule has 7 rings (SSSR count). The minimum atomic E-state index is -1.23. The van der Waals surface area contributed by atoms with Gasteiger partial charge in [-0.2, -0.15) is 4.98 Å². The molecular formula is C56H77F2N13O10. The lowest BCUT2D eigenvalue weighted by molar-refractivity contribution is -0.143. The van der Waals surface area contributed by atoms with Crippen LogP contribution in [-0.4, -0.2) is 181 Å². The molecule has 25 heteroatoms. The number of carbonyl (C=O) groups is 6. The molecular weight excluding hydrogens is 1050 g/mol. The van der Waals surface area contributed by atoms with Gasteiger partial charge in [-0.15, -0.1) is 0 Å². The Kier molecular flexibility index (Phi) is 21.7. The van der Waals surface area contributed by atoms with E-state index in [2.05, 4.69) is 51.7 Å². The van der Waals surface area contributed by atoms with Crippen molar-refractivity contribution in [1.29, 1.82) is 0 Å². The maximum Gasteiger partial charge on any atom is 0.263 e.